The standard InChI is InChI=1S/C21H23N3O4/c1-3-23(2)16-6-4-5-15(10-16)22-21(26)14-9-20(25)24(12-14)17-7-8-18-19(11-17)28-13-27-18/h4-8,10-11,14H,3,9,12-13H2,1-2H3,(H,22,26)/t14-/m1/s1. The van der Waals surface area contributed by atoms with Gasteiger partial charge in [0.15, 0.2) is 11.5 Å². The molecule has 2 aliphatic rings. The zero-order valence-corrected chi connectivity index (χ0v) is 16.0. The van der Waals surface area contributed by atoms with Crippen LogP contribution in [0.2, 0.25) is 0 Å². The van der Waals surface area contributed by atoms with Gasteiger partial charge in [0.25, 0.3) is 0 Å². The smallest absolute Gasteiger partial charge is 0.231 e. The lowest BCUT2D eigenvalue weighted by atomic mass is 10.1. The number of hydrogen-bond acceptors (Lipinski definition) is 5. The average molecular weight is 381 g/mol. The molecular weight excluding hydrogens is 358 g/mol. The van der Waals surface area contributed by atoms with Crippen LogP contribution in [0.25, 0.3) is 0 Å². The van der Waals surface area contributed by atoms with Gasteiger partial charge in [0.1, 0.15) is 0 Å². The van der Waals surface area contributed by atoms with E-state index < -0.39 is 5.92 Å². The highest BCUT2D eigenvalue weighted by Gasteiger charge is 2.35. The van der Waals surface area contributed by atoms with Gasteiger partial charge in [-0.15, -0.1) is 0 Å². The zero-order valence-electron chi connectivity index (χ0n) is 16.0. The fourth-order valence-electron chi connectivity index (χ4n) is 3.43. The Morgan fingerprint density at radius 2 is 2.04 bits per heavy atom. The minimum Gasteiger partial charge on any atom is -0.454 e. The Labute approximate surface area is 163 Å². The van der Waals surface area contributed by atoms with E-state index in [4.69, 9.17) is 9.47 Å². The first-order valence-electron chi connectivity index (χ1n) is 9.37. The number of nitrogens with one attached hydrogen (secondary N) is 1. The Bertz CT molecular complexity index is 914. The monoisotopic (exact) mass is 381 g/mol. The normalized spacial score (nSPS) is 17.7. The van der Waals surface area contributed by atoms with Gasteiger partial charge in [0.2, 0.25) is 18.6 Å². The Hall–Kier alpha value is -3.22. The Balaban J connectivity index is 1.44. The van der Waals surface area contributed by atoms with Gasteiger partial charge in [-0.2, -0.15) is 0 Å². The molecule has 0 aliphatic carbocycles. The second-order valence-corrected chi connectivity index (χ2v) is 7.00. The van der Waals surface area contributed by atoms with Crippen molar-refractivity contribution in [1.82, 2.24) is 0 Å². The average Bonchev–Trinajstić information content (AvgIpc) is 3.33. The molecule has 1 saturated heterocycles. The number of carbonyl (C=O) groups excluding carboxylic acids is 2. The van der Waals surface area contributed by atoms with Crippen LogP contribution >= 0.6 is 0 Å². The predicted octanol–water partition coefficient (Wildman–Crippen LogP) is 2.86. The van der Waals surface area contributed by atoms with Gasteiger partial charge >= 0.3 is 0 Å². The van der Waals surface area contributed by atoms with Crippen LogP contribution in [0.3, 0.4) is 0 Å². The summed E-state index contributed by atoms with van der Waals surface area (Å²) in [4.78, 5) is 28.9. The Kier molecular flexibility index (Phi) is 4.81. The van der Waals surface area contributed by atoms with Crippen LogP contribution in [-0.2, 0) is 9.59 Å². The van der Waals surface area contributed by atoms with Gasteiger partial charge < -0.3 is 24.6 Å². The van der Waals surface area contributed by atoms with E-state index in [1.54, 1.807) is 17.0 Å². The molecule has 7 heteroatoms. The van der Waals surface area contributed by atoms with E-state index in [0.29, 0.717) is 18.0 Å². The molecule has 1 fully saturated rings. The number of rotatable bonds is 5. The maximum Gasteiger partial charge on any atom is 0.231 e. The lowest BCUT2D eigenvalue weighted by Gasteiger charge is -2.19. The van der Waals surface area contributed by atoms with Crippen molar-refractivity contribution in [1.29, 1.82) is 0 Å². The minimum absolute atomic E-state index is 0.0708. The van der Waals surface area contributed by atoms with Crippen molar-refractivity contribution < 1.29 is 19.1 Å². The van der Waals surface area contributed by atoms with Crippen molar-refractivity contribution in [2.45, 2.75) is 13.3 Å². The fraction of sp³-hybridized carbons (Fsp3) is 0.333. The second kappa shape index (κ2) is 7.42. The molecule has 0 saturated carbocycles. The Morgan fingerprint density at radius 1 is 1.21 bits per heavy atom. The SMILES string of the molecule is CCN(C)c1cccc(NC(=O)[C@@H]2CC(=O)N(c3ccc4c(c3)OCO4)C2)c1. The van der Waals surface area contributed by atoms with Crippen molar-refractivity contribution in [3.8, 4) is 11.5 Å². The number of anilines is 3. The third kappa shape index (κ3) is 3.47. The molecular formula is C21H23N3O4. The number of benzene rings is 2. The zero-order chi connectivity index (χ0) is 19.7. The third-order valence-electron chi connectivity index (χ3n) is 5.19. The minimum atomic E-state index is -0.398. The summed E-state index contributed by atoms with van der Waals surface area (Å²) < 4.78 is 10.7. The first-order valence-corrected chi connectivity index (χ1v) is 9.37. The molecule has 2 amide bonds. The fourth-order valence-corrected chi connectivity index (χ4v) is 3.43. The van der Waals surface area contributed by atoms with Crippen LogP contribution < -0.4 is 24.6 Å². The van der Waals surface area contributed by atoms with E-state index in [9.17, 15) is 9.59 Å². The molecule has 146 valence electrons. The largest absolute Gasteiger partial charge is 0.454 e. The second-order valence-electron chi connectivity index (χ2n) is 7.00. The van der Waals surface area contributed by atoms with Crippen molar-refractivity contribution in [2.75, 3.05) is 42.0 Å². The lowest BCUT2D eigenvalue weighted by Crippen LogP contribution is -2.28. The number of hydrogen-bond donors (Lipinski definition) is 1. The molecule has 0 unspecified atom stereocenters. The molecule has 7 nitrogen and oxygen atoms in total. The van der Waals surface area contributed by atoms with Crippen molar-refractivity contribution in [2.24, 2.45) is 5.92 Å². The molecule has 0 aromatic heterocycles. The molecule has 0 spiro atoms. The number of fused-ring (bicyclic) bond motifs is 1. The maximum atomic E-state index is 12.7. The lowest BCUT2D eigenvalue weighted by molar-refractivity contribution is -0.122. The van der Waals surface area contributed by atoms with Gasteiger partial charge in [-0.1, -0.05) is 6.07 Å². The molecule has 4 rings (SSSR count). The Morgan fingerprint density at radius 3 is 2.86 bits per heavy atom. The maximum absolute atomic E-state index is 12.7. The van der Waals surface area contributed by atoms with E-state index in [1.807, 2.05) is 37.4 Å². The summed E-state index contributed by atoms with van der Waals surface area (Å²) in [6, 6.07) is 13.1. The summed E-state index contributed by atoms with van der Waals surface area (Å²) in [5.41, 5.74) is 2.48. The van der Waals surface area contributed by atoms with E-state index in [2.05, 4.69) is 17.1 Å². The summed E-state index contributed by atoms with van der Waals surface area (Å²) in [5.74, 6) is 0.675. The van der Waals surface area contributed by atoms with Crippen LogP contribution in [0.5, 0.6) is 11.5 Å². The molecule has 0 radical (unpaired) electrons. The summed E-state index contributed by atoms with van der Waals surface area (Å²) >= 11 is 0. The van der Waals surface area contributed by atoms with Crippen LogP contribution in [0.4, 0.5) is 17.1 Å². The highest BCUT2D eigenvalue weighted by Crippen LogP contribution is 2.37. The molecule has 2 aromatic carbocycles. The van der Waals surface area contributed by atoms with Crippen molar-refractivity contribution in [3.05, 3.63) is 42.5 Å². The van der Waals surface area contributed by atoms with E-state index in [-0.39, 0.29) is 25.0 Å². The number of ether oxygens (including phenoxy) is 2. The summed E-state index contributed by atoms with van der Waals surface area (Å²) in [7, 11) is 2.00. The molecule has 1 N–H and O–H groups in total. The third-order valence-corrected chi connectivity index (χ3v) is 5.19. The molecule has 2 aliphatic heterocycles. The first kappa shape index (κ1) is 18.2. The molecule has 2 aromatic rings. The molecule has 0 bridgehead atoms. The molecule has 1 atom stereocenters. The van der Waals surface area contributed by atoms with E-state index >= 15 is 0 Å². The van der Waals surface area contributed by atoms with Gasteiger partial charge in [-0.3, -0.25) is 9.59 Å². The molecule has 28 heavy (non-hydrogen) atoms. The van der Waals surface area contributed by atoms with Crippen LogP contribution in [-0.4, -0.2) is 38.7 Å². The quantitative estimate of drug-likeness (QED) is 0.862. The molecule has 2 heterocycles. The van der Waals surface area contributed by atoms with E-state index in [1.165, 1.54) is 0 Å². The first-order chi connectivity index (χ1) is 13.5. The van der Waals surface area contributed by atoms with Crippen molar-refractivity contribution in [3.63, 3.8) is 0 Å². The summed E-state index contributed by atoms with van der Waals surface area (Å²) in [6.45, 7) is 3.47. The van der Waals surface area contributed by atoms with Crippen molar-refractivity contribution >= 4 is 28.9 Å². The van der Waals surface area contributed by atoms with Gasteiger partial charge in [0.05, 0.1) is 5.92 Å². The summed E-state index contributed by atoms with van der Waals surface area (Å²) in [5, 5.41) is 2.95. The summed E-state index contributed by atoms with van der Waals surface area (Å²) in [6.07, 6.45) is 0.189. The number of amides is 2. The number of carbonyl (C=O) groups is 2. The predicted molar refractivity (Wildman–Crippen MR) is 107 cm³/mol. The van der Waals surface area contributed by atoms with Gasteiger partial charge in [0, 0.05) is 49.7 Å². The van der Waals surface area contributed by atoms with Crippen LogP contribution in [0, 0.1) is 5.92 Å². The van der Waals surface area contributed by atoms with Crippen LogP contribution in [0.15, 0.2) is 42.5 Å². The highest BCUT2D eigenvalue weighted by atomic mass is 16.7. The topological polar surface area (TPSA) is 71.1 Å². The number of nitrogens with zero attached hydrogens (tertiary/aromatic N) is 2. The van der Waals surface area contributed by atoms with Gasteiger partial charge in [-0.25, -0.2) is 0 Å². The highest BCUT2D eigenvalue weighted by molar-refractivity contribution is 6.03. The van der Waals surface area contributed by atoms with Crippen LogP contribution in [0.1, 0.15) is 13.3 Å². The van der Waals surface area contributed by atoms with E-state index in [0.717, 1.165) is 23.6 Å². The van der Waals surface area contributed by atoms with Gasteiger partial charge in [-0.05, 0) is 37.3 Å².